The van der Waals surface area contributed by atoms with Crippen molar-refractivity contribution in [3.63, 3.8) is 0 Å². The van der Waals surface area contributed by atoms with Gasteiger partial charge in [0.05, 0.1) is 23.7 Å². The van der Waals surface area contributed by atoms with E-state index in [9.17, 15) is 4.79 Å². The van der Waals surface area contributed by atoms with Crippen LogP contribution in [0.5, 0.6) is 0 Å². The fourth-order valence-electron chi connectivity index (χ4n) is 5.05. The van der Waals surface area contributed by atoms with Gasteiger partial charge in [-0.3, -0.25) is 0 Å². The summed E-state index contributed by atoms with van der Waals surface area (Å²) in [5.74, 6) is -0.457. The van der Waals surface area contributed by atoms with Crippen molar-refractivity contribution in [1.29, 1.82) is 0 Å². The van der Waals surface area contributed by atoms with Crippen molar-refractivity contribution in [3.05, 3.63) is 129 Å². The van der Waals surface area contributed by atoms with Crippen molar-refractivity contribution in [2.45, 2.75) is 25.8 Å². The molecule has 0 bridgehead atoms. The van der Waals surface area contributed by atoms with E-state index in [1.165, 1.54) is 11.8 Å². The fourth-order valence-corrected chi connectivity index (χ4v) is 6.60. The van der Waals surface area contributed by atoms with Gasteiger partial charge in [0.1, 0.15) is 0 Å². The van der Waals surface area contributed by atoms with Crippen LogP contribution >= 0.6 is 27.7 Å². The average Bonchev–Trinajstić information content (AvgIpc) is 3.37. The van der Waals surface area contributed by atoms with Crippen LogP contribution in [0.25, 0.3) is 0 Å². The van der Waals surface area contributed by atoms with Crippen LogP contribution in [0.2, 0.25) is 0 Å². The Labute approximate surface area is 246 Å². The number of aryl methyl sites for hydroxylation is 2. The lowest BCUT2D eigenvalue weighted by atomic mass is 9.90. The molecule has 4 aromatic carbocycles. The molecule has 0 amide bonds. The second-order valence-corrected chi connectivity index (χ2v) is 11.7. The molecule has 0 aliphatic carbocycles. The summed E-state index contributed by atoms with van der Waals surface area (Å²) in [6.07, 6.45) is 0. The number of anilines is 2. The van der Waals surface area contributed by atoms with Crippen LogP contribution in [-0.4, -0.2) is 23.3 Å². The third kappa shape index (κ3) is 4.41. The van der Waals surface area contributed by atoms with E-state index in [4.69, 9.17) is 14.9 Å². The summed E-state index contributed by atoms with van der Waals surface area (Å²) in [4.78, 5) is 12.1. The van der Waals surface area contributed by atoms with Crippen molar-refractivity contribution in [1.82, 2.24) is 0 Å². The third-order valence-corrected chi connectivity index (χ3v) is 8.73. The maximum absolute atomic E-state index is 13.2. The van der Waals surface area contributed by atoms with Crippen LogP contribution in [0.3, 0.4) is 0 Å². The standard InChI is InChI=1S/C32H27BrN4O2S/c1-4-39-31(38)30-35-37(25-18-16-23(33)17-19-25)32(40-30)28-13-9-8-12-26(28)29(27-20-21(2)14-15-22(27)3)34-36(32)24-10-6-5-7-11-24/h5-20H,4H2,1-3H3. The van der Waals surface area contributed by atoms with Crippen LogP contribution < -0.4 is 10.0 Å². The highest BCUT2D eigenvalue weighted by Crippen LogP contribution is 2.55. The van der Waals surface area contributed by atoms with Gasteiger partial charge >= 0.3 is 5.97 Å². The van der Waals surface area contributed by atoms with Gasteiger partial charge in [-0.2, -0.15) is 10.2 Å². The zero-order valence-corrected chi connectivity index (χ0v) is 24.7. The molecule has 40 heavy (non-hydrogen) atoms. The Morgan fingerprint density at radius 3 is 2.27 bits per heavy atom. The molecule has 1 spiro atoms. The highest BCUT2D eigenvalue weighted by atomic mass is 79.9. The van der Waals surface area contributed by atoms with Crippen LogP contribution in [0.1, 0.15) is 34.7 Å². The number of benzene rings is 4. The zero-order valence-electron chi connectivity index (χ0n) is 22.3. The summed E-state index contributed by atoms with van der Waals surface area (Å²) in [7, 11) is 0. The van der Waals surface area contributed by atoms with Crippen molar-refractivity contribution in [2.24, 2.45) is 10.2 Å². The van der Waals surface area contributed by atoms with Crippen molar-refractivity contribution in [3.8, 4) is 0 Å². The molecule has 0 fully saturated rings. The number of nitrogens with zero attached hydrogens (tertiary/aromatic N) is 4. The number of para-hydroxylation sites is 1. The lowest BCUT2D eigenvalue weighted by Crippen LogP contribution is -2.54. The van der Waals surface area contributed by atoms with Crippen LogP contribution in [-0.2, 0) is 14.5 Å². The summed E-state index contributed by atoms with van der Waals surface area (Å²) in [5.41, 5.74) is 7.87. The molecular weight excluding hydrogens is 584 g/mol. The lowest BCUT2D eigenvalue weighted by molar-refractivity contribution is -0.134. The van der Waals surface area contributed by atoms with E-state index in [2.05, 4.69) is 60.1 Å². The average molecular weight is 612 g/mol. The number of ether oxygens (including phenoxy) is 1. The van der Waals surface area contributed by atoms with Gasteiger partial charge in [-0.05, 0) is 80.6 Å². The van der Waals surface area contributed by atoms with Gasteiger partial charge in [-0.25, -0.2) is 14.8 Å². The molecule has 2 heterocycles. The molecule has 1 atom stereocenters. The summed E-state index contributed by atoms with van der Waals surface area (Å²) < 4.78 is 6.38. The molecule has 6 nitrogen and oxygen atoms in total. The number of hydrazone groups is 2. The SMILES string of the molecule is CCOC(=O)C1=NN(c2ccc(Br)cc2)C2(S1)c1ccccc1C(c1cc(C)ccc1C)=NN2c1ccccc1. The van der Waals surface area contributed by atoms with Crippen molar-refractivity contribution < 1.29 is 9.53 Å². The molecule has 6 rings (SSSR count). The van der Waals surface area contributed by atoms with E-state index in [-0.39, 0.29) is 11.7 Å². The van der Waals surface area contributed by atoms with E-state index in [0.717, 1.165) is 49.4 Å². The molecule has 2 aliphatic heterocycles. The first-order valence-electron chi connectivity index (χ1n) is 13.0. The molecule has 0 N–H and O–H groups in total. The number of hydrogen-bond donors (Lipinski definition) is 0. The van der Waals surface area contributed by atoms with Gasteiger partial charge < -0.3 is 4.74 Å². The molecular formula is C32H27BrN4O2S. The highest BCUT2D eigenvalue weighted by Gasteiger charge is 2.56. The molecule has 8 heteroatoms. The van der Waals surface area contributed by atoms with Gasteiger partial charge in [0.2, 0.25) is 10.0 Å². The Morgan fingerprint density at radius 2 is 1.52 bits per heavy atom. The van der Waals surface area contributed by atoms with Crippen molar-refractivity contribution >= 4 is 55.8 Å². The molecule has 0 saturated heterocycles. The highest BCUT2D eigenvalue weighted by molar-refractivity contribution is 9.10. The minimum absolute atomic E-state index is 0.262. The summed E-state index contributed by atoms with van der Waals surface area (Å²) in [5, 5.41) is 14.4. The van der Waals surface area contributed by atoms with E-state index in [1.807, 2.05) is 76.7 Å². The summed E-state index contributed by atoms with van der Waals surface area (Å²) in [6.45, 7) is 6.26. The van der Waals surface area contributed by atoms with E-state index in [1.54, 1.807) is 6.92 Å². The van der Waals surface area contributed by atoms with Crippen LogP contribution in [0.15, 0.2) is 112 Å². The number of fused-ring (bicyclic) bond motifs is 2. The monoisotopic (exact) mass is 610 g/mol. The van der Waals surface area contributed by atoms with Gasteiger partial charge in [-0.15, -0.1) is 0 Å². The first-order valence-corrected chi connectivity index (χ1v) is 14.6. The fraction of sp³-hybridized carbons (Fsp3) is 0.156. The molecule has 2 aliphatic rings. The van der Waals surface area contributed by atoms with Crippen molar-refractivity contribution in [2.75, 3.05) is 16.6 Å². The Hall–Kier alpha value is -3.88. The quantitative estimate of drug-likeness (QED) is 0.218. The Kier molecular flexibility index (Phi) is 6.98. The molecule has 0 radical (unpaired) electrons. The number of esters is 1. The smallest absolute Gasteiger partial charge is 0.365 e. The topological polar surface area (TPSA) is 57.5 Å². The number of carbonyl (C=O) groups excluding carboxylic acids is 1. The van der Waals surface area contributed by atoms with Gasteiger partial charge in [0, 0.05) is 21.2 Å². The molecule has 0 aromatic heterocycles. The maximum atomic E-state index is 13.2. The predicted octanol–water partition coefficient (Wildman–Crippen LogP) is 7.58. The van der Waals surface area contributed by atoms with Gasteiger partial charge in [-0.1, -0.05) is 76.1 Å². The minimum Gasteiger partial charge on any atom is -0.461 e. The normalized spacial score (nSPS) is 17.9. The Balaban J connectivity index is 1.66. The molecule has 1 unspecified atom stereocenters. The molecule has 0 saturated carbocycles. The first-order chi connectivity index (χ1) is 19.4. The van der Waals surface area contributed by atoms with E-state index >= 15 is 0 Å². The van der Waals surface area contributed by atoms with E-state index < -0.39 is 11.0 Å². The van der Waals surface area contributed by atoms with E-state index in [0.29, 0.717) is 0 Å². The Bertz CT molecular complexity index is 1660. The number of rotatable bonds is 5. The molecule has 4 aromatic rings. The third-order valence-electron chi connectivity index (χ3n) is 6.91. The van der Waals surface area contributed by atoms with Crippen LogP contribution in [0, 0.1) is 13.8 Å². The second-order valence-electron chi connectivity index (χ2n) is 9.58. The number of carbonyl (C=O) groups is 1. The first kappa shape index (κ1) is 26.3. The molecule has 200 valence electrons. The lowest BCUT2D eigenvalue weighted by Gasteiger charge is -2.47. The summed E-state index contributed by atoms with van der Waals surface area (Å²) >= 11 is 4.90. The van der Waals surface area contributed by atoms with Gasteiger partial charge in [0.15, 0.2) is 0 Å². The maximum Gasteiger partial charge on any atom is 0.365 e. The Morgan fingerprint density at radius 1 is 0.850 bits per heavy atom. The number of halogens is 1. The number of thioether (sulfide) groups is 1. The predicted molar refractivity (Wildman–Crippen MR) is 167 cm³/mol. The minimum atomic E-state index is -1.03. The number of hydrogen-bond acceptors (Lipinski definition) is 7. The largest absolute Gasteiger partial charge is 0.461 e. The van der Waals surface area contributed by atoms with Gasteiger partial charge in [0.25, 0.3) is 0 Å². The summed E-state index contributed by atoms with van der Waals surface area (Å²) in [6, 6.07) is 32.6. The second kappa shape index (κ2) is 10.6. The zero-order chi connectivity index (χ0) is 27.9. The van der Waals surface area contributed by atoms with Crippen LogP contribution in [0.4, 0.5) is 11.4 Å².